The molecular weight excluding hydrogens is 352 g/mol. The third-order valence-electron chi connectivity index (χ3n) is 5.15. The number of hydrogen-bond acceptors (Lipinski definition) is 5. The van der Waals surface area contributed by atoms with Crippen LogP contribution in [0.15, 0.2) is 54.6 Å². The fourth-order valence-electron chi connectivity index (χ4n) is 3.71. The van der Waals surface area contributed by atoms with E-state index in [0.29, 0.717) is 17.0 Å². The number of nitrogens with zero attached hydrogens (tertiary/aromatic N) is 4. The SMILES string of the molecule is O=C(NC(CN1CCCCC1)c1ccccc1)c1ccccc1-c1nn[nH]n1. The van der Waals surface area contributed by atoms with Crippen LogP contribution in [0.4, 0.5) is 0 Å². The van der Waals surface area contributed by atoms with Crippen LogP contribution in [0.2, 0.25) is 0 Å². The summed E-state index contributed by atoms with van der Waals surface area (Å²) in [5.41, 5.74) is 2.32. The molecule has 7 nitrogen and oxygen atoms in total. The summed E-state index contributed by atoms with van der Waals surface area (Å²) in [5, 5.41) is 17.3. The first-order valence-electron chi connectivity index (χ1n) is 9.72. The molecule has 1 amide bonds. The second-order valence-corrected chi connectivity index (χ2v) is 7.08. The Morgan fingerprint density at radius 3 is 2.54 bits per heavy atom. The summed E-state index contributed by atoms with van der Waals surface area (Å²) in [6.45, 7) is 2.97. The Labute approximate surface area is 164 Å². The number of aromatic nitrogens is 4. The van der Waals surface area contributed by atoms with E-state index in [-0.39, 0.29) is 11.9 Å². The van der Waals surface area contributed by atoms with E-state index in [1.54, 1.807) is 6.07 Å². The highest BCUT2D eigenvalue weighted by molar-refractivity contribution is 6.00. The van der Waals surface area contributed by atoms with Gasteiger partial charge in [-0.05, 0) is 42.8 Å². The fourth-order valence-corrected chi connectivity index (χ4v) is 3.71. The normalized spacial score (nSPS) is 15.9. The van der Waals surface area contributed by atoms with Gasteiger partial charge in [0.1, 0.15) is 0 Å². The van der Waals surface area contributed by atoms with Gasteiger partial charge in [0.15, 0.2) is 0 Å². The van der Waals surface area contributed by atoms with Crippen molar-refractivity contribution in [3.63, 3.8) is 0 Å². The zero-order valence-electron chi connectivity index (χ0n) is 15.7. The molecular formula is C21H24N6O. The maximum absolute atomic E-state index is 13.2. The summed E-state index contributed by atoms with van der Waals surface area (Å²) >= 11 is 0. The molecule has 28 heavy (non-hydrogen) atoms. The first kappa shape index (κ1) is 18.3. The van der Waals surface area contributed by atoms with Gasteiger partial charge in [0, 0.05) is 12.1 Å². The van der Waals surface area contributed by atoms with E-state index in [9.17, 15) is 4.79 Å². The Bertz CT molecular complexity index is 890. The number of benzene rings is 2. The monoisotopic (exact) mass is 376 g/mol. The minimum atomic E-state index is -0.133. The van der Waals surface area contributed by atoms with Gasteiger partial charge >= 0.3 is 0 Å². The zero-order chi connectivity index (χ0) is 19.2. The maximum Gasteiger partial charge on any atom is 0.252 e. The minimum absolute atomic E-state index is 0.0786. The largest absolute Gasteiger partial charge is 0.344 e. The molecule has 0 aliphatic carbocycles. The zero-order valence-corrected chi connectivity index (χ0v) is 15.7. The Kier molecular flexibility index (Phi) is 5.72. The molecule has 2 heterocycles. The molecule has 4 rings (SSSR count). The van der Waals surface area contributed by atoms with Gasteiger partial charge in [-0.1, -0.05) is 55.0 Å². The number of piperidine rings is 1. The van der Waals surface area contributed by atoms with Crippen LogP contribution in [0, 0.1) is 0 Å². The third kappa shape index (κ3) is 4.26. The number of H-pyrrole nitrogens is 1. The average Bonchev–Trinajstić information content (AvgIpc) is 3.29. The number of likely N-dealkylation sites (tertiary alicyclic amines) is 1. The molecule has 0 spiro atoms. The molecule has 1 atom stereocenters. The van der Waals surface area contributed by atoms with Crippen molar-refractivity contribution in [3.05, 3.63) is 65.7 Å². The van der Waals surface area contributed by atoms with Crippen LogP contribution < -0.4 is 5.32 Å². The molecule has 1 aliphatic rings. The molecule has 1 fully saturated rings. The van der Waals surface area contributed by atoms with E-state index in [1.165, 1.54) is 19.3 Å². The predicted octanol–water partition coefficient (Wildman–Crippen LogP) is 2.82. The quantitative estimate of drug-likeness (QED) is 0.691. The lowest BCUT2D eigenvalue weighted by molar-refractivity contribution is 0.0920. The molecule has 1 aromatic heterocycles. The van der Waals surface area contributed by atoms with Crippen molar-refractivity contribution >= 4 is 5.91 Å². The van der Waals surface area contributed by atoms with E-state index in [4.69, 9.17) is 0 Å². The van der Waals surface area contributed by atoms with Crippen molar-refractivity contribution in [2.45, 2.75) is 25.3 Å². The van der Waals surface area contributed by atoms with Crippen LogP contribution in [0.25, 0.3) is 11.4 Å². The van der Waals surface area contributed by atoms with Crippen LogP contribution in [-0.4, -0.2) is 51.1 Å². The topological polar surface area (TPSA) is 86.8 Å². The summed E-state index contributed by atoms with van der Waals surface area (Å²) in [7, 11) is 0. The van der Waals surface area contributed by atoms with E-state index in [0.717, 1.165) is 25.2 Å². The van der Waals surface area contributed by atoms with Gasteiger partial charge in [0.05, 0.1) is 11.6 Å². The van der Waals surface area contributed by atoms with E-state index < -0.39 is 0 Å². The molecule has 0 radical (unpaired) electrons. The van der Waals surface area contributed by atoms with Crippen molar-refractivity contribution in [1.29, 1.82) is 0 Å². The molecule has 3 aromatic rings. The van der Waals surface area contributed by atoms with Crippen LogP contribution in [0.5, 0.6) is 0 Å². The predicted molar refractivity (Wildman–Crippen MR) is 107 cm³/mol. The molecule has 0 bridgehead atoms. The van der Waals surface area contributed by atoms with Gasteiger partial charge in [-0.15, -0.1) is 10.2 Å². The molecule has 1 unspecified atom stereocenters. The molecule has 2 aromatic carbocycles. The van der Waals surface area contributed by atoms with E-state index in [2.05, 4.69) is 43.0 Å². The van der Waals surface area contributed by atoms with Gasteiger partial charge in [0.2, 0.25) is 5.82 Å². The lowest BCUT2D eigenvalue weighted by Gasteiger charge is -2.31. The number of amides is 1. The summed E-state index contributed by atoms with van der Waals surface area (Å²) < 4.78 is 0. The summed E-state index contributed by atoms with van der Waals surface area (Å²) in [6, 6.07) is 17.4. The molecule has 0 saturated carbocycles. The Hall–Kier alpha value is -3.06. The van der Waals surface area contributed by atoms with Gasteiger partial charge in [-0.3, -0.25) is 4.79 Å². The third-order valence-corrected chi connectivity index (χ3v) is 5.15. The number of carbonyl (C=O) groups is 1. The fraction of sp³-hybridized carbons (Fsp3) is 0.333. The smallest absolute Gasteiger partial charge is 0.252 e. The number of rotatable bonds is 6. The average molecular weight is 376 g/mol. The lowest BCUT2D eigenvalue weighted by atomic mass is 10.0. The molecule has 1 saturated heterocycles. The van der Waals surface area contributed by atoms with Crippen LogP contribution >= 0.6 is 0 Å². The highest BCUT2D eigenvalue weighted by Crippen LogP contribution is 2.22. The number of nitrogens with one attached hydrogen (secondary N) is 2. The second kappa shape index (κ2) is 8.75. The summed E-state index contributed by atoms with van der Waals surface area (Å²) in [5.74, 6) is 0.282. The first-order chi connectivity index (χ1) is 13.8. The van der Waals surface area contributed by atoms with Crippen LogP contribution in [0.3, 0.4) is 0 Å². The van der Waals surface area contributed by atoms with Gasteiger partial charge in [-0.25, -0.2) is 0 Å². The molecule has 7 heteroatoms. The Balaban J connectivity index is 1.57. The molecule has 1 aliphatic heterocycles. The second-order valence-electron chi connectivity index (χ2n) is 7.08. The van der Waals surface area contributed by atoms with Crippen LogP contribution in [-0.2, 0) is 0 Å². The van der Waals surface area contributed by atoms with Crippen molar-refractivity contribution in [3.8, 4) is 11.4 Å². The van der Waals surface area contributed by atoms with Gasteiger partial charge in [0.25, 0.3) is 5.91 Å². The highest BCUT2D eigenvalue weighted by Gasteiger charge is 2.22. The highest BCUT2D eigenvalue weighted by atomic mass is 16.1. The number of tetrazole rings is 1. The molecule has 144 valence electrons. The van der Waals surface area contributed by atoms with E-state index in [1.807, 2.05) is 36.4 Å². The van der Waals surface area contributed by atoms with E-state index >= 15 is 0 Å². The Morgan fingerprint density at radius 1 is 1.04 bits per heavy atom. The van der Waals surface area contributed by atoms with Crippen LogP contribution in [0.1, 0.15) is 41.2 Å². The standard InChI is InChI=1S/C21H24N6O/c28-21(18-12-6-5-11-17(18)20-23-25-26-24-20)22-19(16-9-3-1-4-10-16)15-27-13-7-2-8-14-27/h1,3-6,9-12,19H,2,7-8,13-15H2,(H,22,28)(H,23,24,25,26). The minimum Gasteiger partial charge on any atom is -0.344 e. The number of aromatic amines is 1. The number of hydrogen-bond donors (Lipinski definition) is 2. The Morgan fingerprint density at radius 2 is 1.79 bits per heavy atom. The maximum atomic E-state index is 13.2. The van der Waals surface area contributed by atoms with Gasteiger partial charge < -0.3 is 10.2 Å². The van der Waals surface area contributed by atoms with Crippen molar-refractivity contribution < 1.29 is 4.79 Å². The molecule has 2 N–H and O–H groups in total. The van der Waals surface area contributed by atoms with Crippen molar-refractivity contribution in [2.24, 2.45) is 0 Å². The van der Waals surface area contributed by atoms with Gasteiger partial charge in [-0.2, -0.15) is 5.21 Å². The summed E-state index contributed by atoms with van der Waals surface area (Å²) in [4.78, 5) is 15.6. The first-order valence-corrected chi connectivity index (χ1v) is 9.72. The van der Waals surface area contributed by atoms with Crippen molar-refractivity contribution in [1.82, 2.24) is 30.8 Å². The number of carbonyl (C=O) groups excluding carboxylic acids is 1. The van der Waals surface area contributed by atoms with Crippen molar-refractivity contribution in [2.75, 3.05) is 19.6 Å². The summed E-state index contributed by atoms with van der Waals surface area (Å²) in [6.07, 6.45) is 3.73. The lowest BCUT2D eigenvalue weighted by Crippen LogP contribution is -2.40.